The van der Waals surface area contributed by atoms with Gasteiger partial charge in [-0.2, -0.15) is 17.8 Å². The minimum absolute atomic E-state index is 0.0913. The molecule has 0 saturated carbocycles. The van der Waals surface area contributed by atoms with Crippen LogP contribution in [0.1, 0.15) is 47.5 Å². The van der Waals surface area contributed by atoms with Crippen molar-refractivity contribution in [3.8, 4) is 0 Å². The second kappa shape index (κ2) is 11.5. The Morgan fingerprint density at radius 2 is 1.92 bits per heavy atom. The molecule has 2 saturated heterocycles. The molecule has 1 aromatic heterocycles. The summed E-state index contributed by atoms with van der Waals surface area (Å²) in [5.41, 5.74) is 7.55. The Labute approximate surface area is 228 Å². The van der Waals surface area contributed by atoms with Crippen LogP contribution >= 0.6 is 0 Å². The molecule has 3 rings (SSSR count). The molecule has 2 atom stereocenters. The standard InChI is InChI=1S/C23H44BN7O5SSi/c1-21(2)22(3,4)36-24(35-21)12-9-10-19-16-31(17-23(19,5)28-29-25)37(32,33)27-20-11-13-30(26-20)18-34-14-15-38(6,7)8/h11,13,19H,9-10,12,14-18H2,1-8H3,(H,26,27)/t19-,23?/m0/s1. The van der Waals surface area contributed by atoms with Crippen LogP contribution in [-0.2, 0) is 31.0 Å². The van der Waals surface area contributed by atoms with E-state index in [-0.39, 0.29) is 38.7 Å². The summed E-state index contributed by atoms with van der Waals surface area (Å²) in [6.45, 7) is 18.0. The van der Waals surface area contributed by atoms with Crippen molar-refractivity contribution < 1.29 is 22.5 Å². The number of rotatable bonds is 13. The average Bonchev–Trinajstić information content (AvgIpc) is 3.39. The zero-order chi connectivity index (χ0) is 28.4. The third-order valence-corrected chi connectivity index (χ3v) is 10.9. The topological polar surface area (TPSA) is 144 Å². The summed E-state index contributed by atoms with van der Waals surface area (Å²) in [6, 6.07) is 2.65. The van der Waals surface area contributed by atoms with Crippen LogP contribution in [0.3, 0.4) is 0 Å². The summed E-state index contributed by atoms with van der Waals surface area (Å²) < 4.78 is 49.7. The van der Waals surface area contributed by atoms with Gasteiger partial charge in [-0.15, -0.1) is 0 Å². The Morgan fingerprint density at radius 3 is 2.53 bits per heavy atom. The second-order valence-electron chi connectivity index (χ2n) is 12.8. The van der Waals surface area contributed by atoms with Crippen molar-refractivity contribution in [3.63, 3.8) is 0 Å². The Morgan fingerprint density at radius 1 is 1.26 bits per heavy atom. The molecular weight excluding hydrogens is 525 g/mol. The van der Waals surface area contributed by atoms with E-state index in [1.165, 1.54) is 4.31 Å². The number of aromatic nitrogens is 2. The van der Waals surface area contributed by atoms with Gasteiger partial charge in [-0.1, -0.05) is 38.1 Å². The van der Waals surface area contributed by atoms with Crippen LogP contribution in [0.5, 0.6) is 0 Å². The van der Waals surface area contributed by atoms with Crippen molar-refractivity contribution in [2.45, 2.75) is 103 Å². The maximum Gasteiger partial charge on any atom is 0.457 e. The molecule has 2 aliphatic rings. The third-order valence-electron chi connectivity index (χ3n) is 7.80. The van der Waals surface area contributed by atoms with Crippen molar-refractivity contribution >= 4 is 31.2 Å². The smallest absolute Gasteiger partial charge is 0.403 e. The fourth-order valence-corrected chi connectivity index (χ4v) is 6.70. The number of anilines is 1. The van der Waals surface area contributed by atoms with Crippen molar-refractivity contribution in [2.75, 3.05) is 24.4 Å². The molecule has 0 bridgehead atoms. The number of nitrogens with zero attached hydrogens (tertiary/aromatic N) is 6. The van der Waals surface area contributed by atoms with E-state index >= 15 is 0 Å². The maximum atomic E-state index is 13.2. The molecule has 0 spiro atoms. The molecule has 214 valence electrons. The van der Waals surface area contributed by atoms with E-state index in [0.717, 1.165) is 12.5 Å². The molecule has 1 N–H and O–H groups in total. The molecule has 1 aromatic rings. The molecule has 12 nitrogen and oxygen atoms in total. The van der Waals surface area contributed by atoms with E-state index in [0.29, 0.717) is 19.3 Å². The minimum Gasteiger partial charge on any atom is -0.403 e. The summed E-state index contributed by atoms with van der Waals surface area (Å²) in [5.74, 6) is 0.0724. The SMILES string of the molecule is CC1(N=[N+]=[N-])CN(S(=O)(=O)Nc2ccn(COCC[Si](C)(C)C)n2)C[C@@H]1CCCB1OC(C)(C)C(C)(C)O1. The van der Waals surface area contributed by atoms with Gasteiger partial charge >= 0.3 is 17.3 Å². The van der Waals surface area contributed by atoms with Crippen LogP contribution in [0, 0.1) is 5.92 Å². The van der Waals surface area contributed by atoms with Gasteiger partial charge in [-0.05, 0) is 57.9 Å². The first-order valence-corrected chi connectivity index (χ1v) is 18.4. The van der Waals surface area contributed by atoms with E-state index < -0.39 is 35.0 Å². The summed E-state index contributed by atoms with van der Waals surface area (Å²) in [7, 11) is -5.40. The predicted octanol–water partition coefficient (Wildman–Crippen LogP) is 4.73. The third kappa shape index (κ3) is 7.74. The first kappa shape index (κ1) is 30.9. The molecule has 0 radical (unpaired) electrons. The number of azide groups is 1. The highest BCUT2D eigenvalue weighted by molar-refractivity contribution is 7.90. The van der Waals surface area contributed by atoms with Crippen LogP contribution in [0.15, 0.2) is 17.4 Å². The maximum absolute atomic E-state index is 13.2. The van der Waals surface area contributed by atoms with Gasteiger partial charge < -0.3 is 14.0 Å². The van der Waals surface area contributed by atoms with E-state index in [1.807, 2.05) is 34.6 Å². The Kier molecular flexibility index (Phi) is 9.34. The predicted molar refractivity (Wildman–Crippen MR) is 152 cm³/mol. The minimum atomic E-state index is -3.90. The molecule has 15 heteroatoms. The monoisotopic (exact) mass is 569 g/mol. The van der Waals surface area contributed by atoms with Crippen LogP contribution < -0.4 is 4.72 Å². The van der Waals surface area contributed by atoms with Gasteiger partial charge in [0.05, 0.1) is 16.7 Å². The van der Waals surface area contributed by atoms with Crippen molar-refractivity contribution in [3.05, 3.63) is 22.7 Å². The Bertz CT molecular complexity index is 1100. The Hall–Kier alpha value is -1.61. The zero-order valence-electron chi connectivity index (χ0n) is 24.1. The van der Waals surface area contributed by atoms with Crippen LogP contribution in [0.25, 0.3) is 10.4 Å². The molecule has 0 aliphatic carbocycles. The fraction of sp³-hybridized carbons (Fsp3) is 0.870. The van der Waals surface area contributed by atoms with E-state index in [4.69, 9.17) is 14.0 Å². The second-order valence-corrected chi connectivity index (χ2v) is 20.1. The van der Waals surface area contributed by atoms with Gasteiger partial charge in [0.25, 0.3) is 0 Å². The van der Waals surface area contributed by atoms with E-state index in [9.17, 15) is 13.9 Å². The van der Waals surface area contributed by atoms with Crippen molar-refractivity contribution in [1.82, 2.24) is 14.1 Å². The lowest BCUT2D eigenvalue weighted by atomic mass is 9.78. The Balaban J connectivity index is 1.56. The van der Waals surface area contributed by atoms with Crippen molar-refractivity contribution in [2.24, 2.45) is 11.0 Å². The molecule has 0 aromatic carbocycles. The van der Waals surface area contributed by atoms with Crippen LogP contribution in [0.2, 0.25) is 32.0 Å². The summed E-state index contributed by atoms with van der Waals surface area (Å²) in [5, 5.41) is 8.30. The molecule has 2 aliphatic heterocycles. The van der Waals surface area contributed by atoms with Gasteiger partial charge in [-0.25, -0.2) is 4.68 Å². The first-order chi connectivity index (χ1) is 17.5. The summed E-state index contributed by atoms with van der Waals surface area (Å²) in [4.78, 5) is 3.02. The normalized spacial score (nSPS) is 25.5. The van der Waals surface area contributed by atoms with Crippen LogP contribution in [-0.4, -0.2) is 74.1 Å². The highest BCUT2D eigenvalue weighted by atomic mass is 32.2. The van der Waals surface area contributed by atoms with Crippen molar-refractivity contribution in [1.29, 1.82) is 0 Å². The number of ether oxygens (including phenoxy) is 1. The highest BCUT2D eigenvalue weighted by Gasteiger charge is 2.51. The average molecular weight is 570 g/mol. The van der Waals surface area contributed by atoms with Gasteiger partial charge in [0.15, 0.2) is 5.82 Å². The summed E-state index contributed by atoms with van der Waals surface area (Å²) in [6.07, 6.45) is 3.79. The van der Waals surface area contributed by atoms with E-state index in [2.05, 4.69) is 39.5 Å². The van der Waals surface area contributed by atoms with Crippen LogP contribution in [0.4, 0.5) is 5.82 Å². The van der Waals surface area contributed by atoms with Gasteiger partial charge in [0, 0.05) is 44.9 Å². The number of nitrogens with one attached hydrogen (secondary N) is 1. The lowest BCUT2D eigenvalue weighted by Crippen LogP contribution is -2.41. The van der Waals surface area contributed by atoms with Gasteiger partial charge in [-0.3, -0.25) is 4.72 Å². The molecule has 2 fully saturated rings. The number of hydrogen-bond donors (Lipinski definition) is 1. The molecule has 1 unspecified atom stereocenters. The summed E-state index contributed by atoms with van der Waals surface area (Å²) >= 11 is 0. The fourth-order valence-electron chi connectivity index (χ4n) is 4.63. The first-order valence-electron chi connectivity index (χ1n) is 13.3. The number of hydrogen-bond acceptors (Lipinski definition) is 7. The molecule has 3 heterocycles. The van der Waals surface area contributed by atoms with Gasteiger partial charge in [0.2, 0.25) is 0 Å². The highest BCUT2D eigenvalue weighted by Crippen LogP contribution is 2.40. The molecule has 38 heavy (non-hydrogen) atoms. The largest absolute Gasteiger partial charge is 0.457 e. The van der Waals surface area contributed by atoms with Gasteiger partial charge in [0.1, 0.15) is 6.73 Å². The molecular formula is C23H44BN7O5SSi. The zero-order valence-corrected chi connectivity index (χ0v) is 25.9. The quantitative estimate of drug-likeness (QED) is 0.120. The molecule has 0 amide bonds. The van der Waals surface area contributed by atoms with E-state index in [1.54, 1.807) is 16.9 Å². The lowest BCUT2D eigenvalue weighted by Gasteiger charge is -2.32. The lowest BCUT2D eigenvalue weighted by molar-refractivity contribution is 0.00578.